The lowest BCUT2D eigenvalue weighted by molar-refractivity contribution is -0.140. The Morgan fingerprint density at radius 2 is 1.90 bits per heavy atom. The summed E-state index contributed by atoms with van der Waals surface area (Å²) in [6.07, 6.45) is 5.25. The van der Waals surface area contributed by atoms with E-state index >= 15 is 0 Å². The molecule has 4 atom stereocenters. The van der Waals surface area contributed by atoms with Crippen molar-refractivity contribution in [2.24, 2.45) is 5.92 Å². The zero-order valence-corrected chi connectivity index (χ0v) is 17.7. The van der Waals surface area contributed by atoms with Gasteiger partial charge in [0.25, 0.3) is 0 Å². The van der Waals surface area contributed by atoms with Crippen molar-refractivity contribution in [3.63, 3.8) is 0 Å². The van der Waals surface area contributed by atoms with Crippen molar-refractivity contribution in [1.82, 2.24) is 20.2 Å². The lowest BCUT2D eigenvalue weighted by atomic mass is 9.98. The van der Waals surface area contributed by atoms with Crippen molar-refractivity contribution in [2.75, 3.05) is 19.6 Å². The number of aldehydes is 1. The van der Waals surface area contributed by atoms with E-state index in [1.165, 1.54) is 5.06 Å². The maximum atomic E-state index is 13.0. The van der Waals surface area contributed by atoms with Gasteiger partial charge < -0.3 is 15.0 Å². The Morgan fingerprint density at radius 1 is 1.13 bits per heavy atom. The van der Waals surface area contributed by atoms with Crippen LogP contribution in [0.5, 0.6) is 0 Å². The number of rotatable bonds is 7. The van der Waals surface area contributed by atoms with E-state index in [-0.39, 0.29) is 29.9 Å². The first-order valence-electron chi connectivity index (χ1n) is 11.4. The summed E-state index contributed by atoms with van der Waals surface area (Å²) >= 11 is 0. The van der Waals surface area contributed by atoms with Gasteiger partial charge >= 0.3 is 6.03 Å². The molecule has 1 aromatic rings. The van der Waals surface area contributed by atoms with E-state index in [1.54, 1.807) is 4.90 Å². The Balaban J connectivity index is 1.12. The van der Waals surface area contributed by atoms with Gasteiger partial charge in [0.05, 0.1) is 6.04 Å². The van der Waals surface area contributed by atoms with Crippen LogP contribution >= 0.6 is 0 Å². The van der Waals surface area contributed by atoms with Crippen LogP contribution in [0, 0.1) is 5.92 Å². The second-order valence-corrected chi connectivity index (χ2v) is 9.19. The summed E-state index contributed by atoms with van der Waals surface area (Å²) in [6.45, 7) is 2.71. The average Bonchev–Trinajstić information content (AvgIpc) is 3.56. The minimum absolute atomic E-state index is 0.00723. The predicted molar refractivity (Wildman–Crippen MR) is 113 cm³/mol. The minimum Gasteiger partial charge on any atom is -0.351 e. The molecule has 4 fully saturated rings. The molecule has 3 saturated heterocycles. The summed E-state index contributed by atoms with van der Waals surface area (Å²) in [5, 5.41) is 4.65. The summed E-state index contributed by atoms with van der Waals surface area (Å²) in [7, 11) is 0. The zero-order valence-electron chi connectivity index (χ0n) is 17.7. The van der Waals surface area contributed by atoms with Gasteiger partial charge in [-0.15, -0.1) is 0 Å². The van der Waals surface area contributed by atoms with E-state index in [0.29, 0.717) is 25.6 Å². The minimum atomic E-state index is -0.421. The molecule has 1 N–H and O–H groups in total. The molecule has 1 aromatic carbocycles. The van der Waals surface area contributed by atoms with Gasteiger partial charge in [-0.1, -0.05) is 30.3 Å². The predicted octanol–water partition coefficient (Wildman–Crippen LogP) is 1.55. The highest BCUT2D eigenvalue weighted by atomic mass is 16.7. The zero-order chi connectivity index (χ0) is 21.4. The Kier molecular flexibility index (Phi) is 5.67. The summed E-state index contributed by atoms with van der Waals surface area (Å²) < 4.78 is 0. The summed E-state index contributed by atoms with van der Waals surface area (Å²) in [5.74, 6) is 0.155. The molecule has 5 rings (SSSR count). The van der Waals surface area contributed by atoms with Crippen molar-refractivity contribution < 1.29 is 19.2 Å². The van der Waals surface area contributed by atoms with Crippen LogP contribution in [0.3, 0.4) is 0 Å². The number of urea groups is 1. The van der Waals surface area contributed by atoms with Gasteiger partial charge in [-0.05, 0) is 37.7 Å². The Morgan fingerprint density at radius 3 is 2.61 bits per heavy atom. The van der Waals surface area contributed by atoms with Crippen LogP contribution in [0.4, 0.5) is 4.79 Å². The number of benzene rings is 1. The quantitative estimate of drug-likeness (QED) is 0.669. The number of hydroxylamine groups is 2. The molecule has 1 aliphatic carbocycles. The largest absolute Gasteiger partial charge is 0.351 e. The maximum absolute atomic E-state index is 13.0. The van der Waals surface area contributed by atoms with E-state index in [9.17, 15) is 14.4 Å². The van der Waals surface area contributed by atoms with E-state index in [2.05, 4.69) is 10.2 Å². The molecule has 31 heavy (non-hydrogen) atoms. The molecule has 3 amide bonds. The van der Waals surface area contributed by atoms with Gasteiger partial charge in [0.1, 0.15) is 18.9 Å². The Hall–Kier alpha value is -2.45. The lowest BCUT2D eigenvalue weighted by Crippen LogP contribution is -2.54. The molecule has 8 nitrogen and oxygen atoms in total. The third-order valence-electron chi connectivity index (χ3n) is 7.16. The van der Waals surface area contributed by atoms with Crippen LogP contribution in [0.15, 0.2) is 30.3 Å². The van der Waals surface area contributed by atoms with Crippen LogP contribution in [-0.2, 0) is 21.0 Å². The van der Waals surface area contributed by atoms with Crippen molar-refractivity contribution in [1.29, 1.82) is 0 Å². The monoisotopic (exact) mass is 426 g/mol. The fraction of sp³-hybridized carbons (Fsp3) is 0.609. The van der Waals surface area contributed by atoms with Crippen LogP contribution in [0.1, 0.15) is 37.7 Å². The second-order valence-electron chi connectivity index (χ2n) is 9.19. The number of carbonyl (C=O) groups is 3. The van der Waals surface area contributed by atoms with Gasteiger partial charge in [0.2, 0.25) is 5.91 Å². The number of piperidine rings is 2. The van der Waals surface area contributed by atoms with Crippen molar-refractivity contribution >= 4 is 18.2 Å². The van der Waals surface area contributed by atoms with Gasteiger partial charge in [-0.25, -0.2) is 4.79 Å². The number of fused-ring (bicyclic) bond motifs is 2. The van der Waals surface area contributed by atoms with Crippen LogP contribution < -0.4 is 5.32 Å². The molecule has 2 bridgehead atoms. The number of nitrogens with zero attached hydrogens (tertiary/aromatic N) is 3. The first kappa shape index (κ1) is 20.5. The SMILES string of the molecule is O=CC1CC1N1CCC(NC(=O)[C@@H]2CC[C@@H]3CN2C(=O)N3OCc2ccccc2)CC1. The molecule has 166 valence electrons. The van der Waals surface area contributed by atoms with Gasteiger partial charge in [0.15, 0.2) is 0 Å². The Bertz CT molecular complexity index is 826. The molecule has 1 saturated carbocycles. The molecular weight excluding hydrogens is 396 g/mol. The highest BCUT2D eigenvalue weighted by molar-refractivity contribution is 5.88. The van der Waals surface area contributed by atoms with Crippen molar-refractivity contribution in [2.45, 2.75) is 62.9 Å². The number of hydrogen-bond donors (Lipinski definition) is 1. The molecule has 3 aliphatic heterocycles. The lowest BCUT2D eigenvalue weighted by Gasteiger charge is -2.35. The van der Waals surface area contributed by atoms with E-state index in [1.807, 2.05) is 30.3 Å². The molecule has 0 aromatic heterocycles. The molecule has 4 aliphatic rings. The van der Waals surface area contributed by atoms with Crippen LogP contribution in [0.2, 0.25) is 0 Å². The molecule has 0 spiro atoms. The number of amides is 3. The number of nitrogens with one attached hydrogen (secondary N) is 1. The molecule has 3 heterocycles. The number of likely N-dealkylation sites (tertiary alicyclic amines) is 1. The molecule has 0 radical (unpaired) electrons. The van der Waals surface area contributed by atoms with Gasteiger partial charge in [-0.2, -0.15) is 5.06 Å². The van der Waals surface area contributed by atoms with Crippen molar-refractivity contribution in [3.8, 4) is 0 Å². The third kappa shape index (κ3) is 4.19. The summed E-state index contributed by atoms with van der Waals surface area (Å²) in [4.78, 5) is 46.7. The maximum Gasteiger partial charge on any atom is 0.345 e. The summed E-state index contributed by atoms with van der Waals surface area (Å²) in [5.41, 5.74) is 1.01. The van der Waals surface area contributed by atoms with Crippen LogP contribution in [-0.4, -0.2) is 76.9 Å². The van der Waals surface area contributed by atoms with E-state index in [4.69, 9.17) is 4.84 Å². The van der Waals surface area contributed by atoms with Crippen molar-refractivity contribution in [3.05, 3.63) is 35.9 Å². The average molecular weight is 427 g/mol. The first-order chi connectivity index (χ1) is 15.1. The standard InChI is InChI=1S/C23H30N4O4/c28-14-17-12-21(17)25-10-8-18(9-11-25)24-22(29)20-7-6-19-13-26(20)23(30)27(19)31-15-16-4-2-1-3-5-16/h1-5,14,17-21H,6-13,15H2,(H,24,29)/t17?,19-,20+,21?/m1/s1. The molecular formula is C23H30N4O4. The molecule has 2 unspecified atom stereocenters. The van der Waals surface area contributed by atoms with Crippen LogP contribution in [0.25, 0.3) is 0 Å². The molecule has 8 heteroatoms. The van der Waals surface area contributed by atoms with E-state index < -0.39 is 6.04 Å². The number of hydrogen-bond acceptors (Lipinski definition) is 5. The van der Waals surface area contributed by atoms with E-state index in [0.717, 1.165) is 50.6 Å². The smallest absolute Gasteiger partial charge is 0.345 e. The Labute approximate surface area is 182 Å². The summed E-state index contributed by atoms with van der Waals surface area (Å²) in [6, 6.07) is 9.71. The normalized spacial score (nSPS) is 31.0. The fourth-order valence-corrected chi connectivity index (χ4v) is 5.23. The third-order valence-corrected chi connectivity index (χ3v) is 7.16. The topological polar surface area (TPSA) is 82.2 Å². The van der Waals surface area contributed by atoms with Gasteiger partial charge in [0, 0.05) is 37.6 Å². The number of carbonyl (C=O) groups excluding carboxylic acids is 3. The fourth-order valence-electron chi connectivity index (χ4n) is 5.23. The highest BCUT2D eigenvalue weighted by Crippen LogP contribution is 2.35. The highest BCUT2D eigenvalue weighted by Gasteiger charge is 2.48. The van der Waals surface area contributed by atoms with Gasteiger partial charge in [-0.3, -0.25) is 14.5 Å². The first-order valence-corrected chi connectivity index (χ1v) is 11.4. The second kappa shape index (κ2) is 8.59.